The van der Waals surface area contributed by atoms with Crippen LogP contribution in [-0.4, -0.2) is 58.5 Å². The molecule has 0 aliphatic carbocycles. The van der Waals surface area contributed by atoms with E-state index in [4.69, 9.17) is 4.74 Å². The molecule has 1 aliphatic heterocycles. The molecule has 3 rings (SSSR count). The van der Waals surface area contributed by atoms with E-state index in [9.17, 15) is 9.90 Å². The number of phenolic OH excluding ortho intramolecular Hbond substituents is 1. The number of fused-ring (bicyclic) bond motifs is 1. The first-order valence-corrected chi connectivity index (χ1v) is 9.05. The van der Waals surface area contributed by atoms with Crippen LogP contribution in [0.15, 0.2) is 24.3 Å². The maximum absolute atomic E-state index is 11.7. The minimum absolute atomic E-state index is 0.126. The molecular formula is C19H27N5O3. The van der Waals surface area contributed by atoms with E-state index in [0.29, 0.717) is 12.3 Å². The molecule has 2 heterocycles. The topological polar surface area (TPSA) is 82.9 Å². The molecule has 0 bridgehead atoms. The number of hydrogen-bond donors (Lipinski definition) is 2. The fraction of sp³-hybridized carbons (Fsp3) is 0.474. The zero-order valence-corrected chi connectivity index (χ0v) is 16.1. The number of nitrogens with zero attached hydrogens (tertiary/aromatic N) is 4. The Morgan fingerprint density at radius 3 is 2.85 bits per heavy atom. The molecule has 1 aromatic heterocycles. The quantitative estimate of drug-likeness (QED) is 0.835. The summed E-state index contributed by atoms with van der Waals surface area (Å²) in [7, 11) is 4.97. The van der Waals surface area contributed by atoms with Gasteiger partial charge in [0, 0.05) is 40.3 Å². The lowest BCUT2D eigenvalue weighted by atomic mass is 10.2. The molecule has 0 unspecified atom stereocenters. The largest absolute Gasteiger partial charge is 0.504 e. The van der Waals surface area contributed by atoms with Crippen molar-refractivity contribution < 1.29 is 14.6 Å². The summed E-state index contributed by atoms with van der Waals surface area (Å²) in [4.78, 5) is 15.5. The normalized spacial score (nSPS) is 14.3. The predicted molar refractivity (Wildman–Crippen MR) is 102 cm³/mol. The Labute approximate surface area is 159 Å². The number of urea groups is 1. The number of carbonyl (C=O) groups excluding carboxylic acids is 1. The molecule has 1 aromatic carbocycles. The third-order valence-corrected chi connectivity index (χ3v) is 4.62. The molecule has 8 heteroatoms. The number of nitrogens with one attached hydrogen (secondary N) is 1. The molecule has 1 aliphatic rings. The number of benzene rings is 1. The maximum Gasteiger partial charge on any atom is 0.317 e. The van der Waals surface area contributed by atoms with Crippen LogP contribution in [0, 0.1) is 0 Å². The highest BCUT2D eigenvalue weighted by atomic mass is 16.5. The van der Waals surface area contributed by atoms with Crippen LogP contribution in [-0.2, 0) is 26.2 Å². The van der Waals surface area contributed by atoms with Gasteiger partial charge >= 0.3 is 6.03 Å². The molecule has 0 fully saturated rings. The van der Waals surface area contributed by atoms with E-state index in [1.165, 1.54) is 4.90 Å². The lowest BCUT2D eigenvalue weighted by molar-refractivity contribution is 0.217. The summed E-state index contributed by atoms with van der Waals surface area (Å²) in [5.74, 6) is 0.644. The van der Waals surface area contributed by atoms with Crippen molar-refractivity contribution in [2.24, 2.45) is 0 Å². The third kappa shape index (κ3) is 4.71. The van der Waals surface area contributed by atoms with Crippen LogP contribution in [0.2, 0.25) is 0 Å². The summed E-state index contributed by atoms with van der Waals surface area (Å²) in [6, 6.07) is 7.45. The molecular weight excluding hydrogens is 346 g/mol. The second-order valence-electron chi connectivity index (χ2n) is 6.97. The van der Waals surface area contributed by atoms with Gasteiger partial charge in [-0.05, 0) is 30.2 Å². The number of rotatable bonds is 5. The van der Waals surface area contributed by atoms with E-state index in [0.717, 1.165) is 49.6 Å². The van der Waals surface area contributed by atoms with Crippen LogP contribution in [0.1, 0.15) is 23.4 Å². The number of amides is 2. The highest BCUT2D eigenvalue weighted by Gasteiger charge is 2.18. The van der Waals surface area contributed by atoms with Crippen molar-refractivity contribution in [2.45, 2.75) is 32.6 Å². The van der Waals surface area contributed by atoms with E-state index >= 15 is 0 Å². The van der Waals surface area contributed by atoms with Gasteiger partial charge in [0.25, 0.3) is 0 Å². The first-order valence-electron chi connectivity index (χ1n) is 9.05. The van der Waals surface area contributed by atoms with Gasteiger partial charge in [0.15, 0.2) is 11.5 Å². The van der Waals surface area contributed by atoms with Crippen molar-refractivity contribution in [3.8, 4) is 11.5 Å². The Morgan fingerprint density at radius 1 is 1.33 bits per heavy atom. The first kappa shape index (κ1) is 19.0. The fourth-order valence-corrected chi connectivity index (χ4v) is 3.23. The van der Waals surface area contributed by atoms with Gasteiger partial charge in [0.1, 0.15) is 0 Å². The van der Waals surface area contributed by atoms with Gasteiger partial charge in [-0.2, -0.15) is 5.10 Å². The van der Waals surface area contributed by atoms with Crippen molar-refractivity contribution in [1.29, 1.82) is 0 Å². The van der Waals surface area contributed by atoms with Crippen LogP contribution < -0.4 is 10.1 Å². The fourth-order valence-electron chi connectivity index (χ4n) is 3.23. The summed E-state index contributed by atoms with van der Waals surface area (Å²) in [5.41, 5.74) is 3.04. The molecule has 8 nitrogen and oxygen atoms in total. The summed E-state index contributed by atoms with van der Waals surface area (Å²) in [5, 5.41) is 17.5. The molecule has 0 radical (unpaired) electrons. The Bertz CT molecular complexity index is 803. The predicted octanol–water partition coefficient (Wildman–Crippen LogP) is 1.77. The number of aryl methyl sites for hydroxylation is 1. The summed E-state index contributed by atoms with van der Waals surface area (Å²) in [6.45, 7) is 3.77. The smallest absolute Gasteiger partial charge is 0.317 e. The molecule has 2 N–H and O–H groups in total. The van der Waals surface area contributed by atoms with Gasteiger partial charge in [-0.15, -0.1) is 0 Å². The summed E-state index contributed by atoms with van der Waals surface area (Å²) in [6.07, 6.45) is 1.00. The Morgan fingerprint density at radius 2 is 2.15 bits per heavy atom. The SMILES string of the molecule is COc1ccc(CN2CCCn3nc(CNC(=O)N(C)C)cc3C2)cc1O. The van der Waals surface area contributed by atoms with Crippen LogP contribution in [0.3, 0.4) is 0 Å². The van der Waals surface area contributed by atoms with Crippen LogP contribution >= 0.6 is 0 Å². The Balaban J connectivity index is 1.65. The van der Waals surface area contributed by atoms with Gasteiger partial charge in [-0.25, -0.2) is 4.79 Å². The molecule has 2 aromatic rings. The minimum atomic E-state index is -0.126. The van der Waals surface area contributed by atoms with E-state index in [-0.39, 0.29) is 11.8 Å². The average molecular weight is 373 g/mol. The monoisotopic (exact) mass is 373 g/mol. The van der Waals surface area contributed by atoms with Gasteiger partial charge in [-0.3, -0.25) is 9.58 Å². The number of aromatic nitrogens is 2. The van der Waals surface area contributed by atoms with Crippen molar-refractivity contribution in [3.05, 3.63) is 41.2 Å². The van der Waals surface area contributed by atoms with Gasteiger partial charge in [-0.1, -0.05) is 6.07 Å². The van der Waals surface area contributed by atoms with E-state index < -0.39 is 0 Å². The highest BCUT2D eigenvalue weighted by molar-refractivity contribution is 5.73. The molecule has 0 saturated carbocycles. The molecule has 27 heavy (non-hydrogen) atoms. The van der Waals surface area contributed by atoms with Crippen LogP contribution in [0.4, 0.5) is 4.79 Å². The highest BCUT2D eigenvalue weighted by Crippen LogP contribution is 2.27. The molecule has 2 amide bonds. The van der Waals surface area contributed by atoms with Crippen molar-refractivity contribution in [1.82, 2.24) is 24.9 Å². The molecule has 0 spiro atoms. The Kier molecular flexibility index (Phi) is 5.85. The zero-order valence-electron chi connectivity index (χ0n) is 16.1. The second-order valence-corrected chi connectivity index (χ2v) is 6.97. The van der Waals surface area contributed by atoms with E-state index in [2.05, 4.69) is 21.4 Å². The minimum Gasteiger partial charge on any atom is -0.504 e. The van der Waals surface area contributed by atoms with Gasteiger partial charge < -0.3 is 20.1 Å². The lowest BCUT2D eigenvalue weighted by Gasteiger charge is -2.20. The summed E-state index contributed by atoms with van der Waals surface area (Å²) < 4.78 is 7.14. The number of carbonyl (C=O) groups is 1. The number of hydrogen-bond acceptors (Lipinski definition) is 5. The molecule has 146 valence electrons. The number of ether oxygens (including phenoxy) is 1. The standard InChI is InChI=1S/C19H27N5O3/c1-22(2)19(26)20-11-15-10-16-13-23(7-4-8-24(16)21-15)12-14-5-6-18(27-3)17(25)9-14/h5-6,9-10,25H,4,7-8,11-13H2,1-3H3,(H,20,26). The van der Waals surface area contributed by atoms with Crippen LogP contribution in [0.5, 0.6) is 11.5 Å². The third-order valence-electron chi connectivity index (χ3n) is 4.62. The van der Waals surface area contributed by atoms with Crippen molar-refractivity contribution in [3.63, 3.8) is 0 Å². The summed E-state index contributed by atoms with van der Waals surface area (Å²) >= 11 is 0. The van der Waals surface area contributed by atoms with Gasteiger partial charge in [0.05, 0.1) is 25.0 Å². The molecule has 0 saturated heterocycles. The number of methoxy groups -OCH3 is 1. The first-order chi connectivity index (χ1) is 13.0. The molecule has 0 atom stereocenters. The second kappa shape index (κ2) is 8.30. The number of phenols is 1. The van der Waals surface area contributed by atoms with Crippen LogP contribution in [0.25, 0.3) is 0 Å². The Hall–Kier alpha value is -2.74. The zero-order chi connectivity index (χ0) is 19.4. The van der Waals surface area contributed by atoms with E-state index in [1.54, 1.807) is 33.3 Å². The van der Waals surface area contributed by atoms with Crippen molar-refractivity contribution in [2.75, 3.05) is 27.7 Å². The van der Waals surface area contributed by atoms with Gasteiger partial charge in [0.2, 0.25) is 0 Å². The number of aromatic hydroxyl groups is 1. The van der Waals surface area contributed by atoms with E-state index in [1.807, 2.05) is 10.7 Å². The lowest BCUT2D eigenvalue weighted by Crippen LogP contribution is -2.34. The maximum atomic E-state index is 11.7. The average Bonchev–Trinajstić information content (AvgIpc) is 2.91. The van der Waals surface area contributed by atoms with Crippen molar-refractivity contribution >= 4 is 6.03 Å².